The van der Waals surface area contributed by atoms with Crippen molar-refractivity contribution >= 4 is 24.7 Å². The molecule has 0 saturated carbocycles. The van der Waals surface area contributed by atoms with E-state index in [4.69, 9.17) is 5.73 Å². The average molecular weight is 230 g/mol. The van der Waals surface area contributed by atoms with E-state index in [0.29, 0.717) is 18.4 Å². The normalized spacial score (nSPS) is 8.87. The van der Waals surface area contributed by atoms with Gasteiger partial charge in [0.1, 0.15) is 6.61 Å². The maximum atomic E-state index is 11.2. The van der Waals surface area contributed by atoms with E-state index in [1.54, 1.807) is 24.3 Å². The molecule has 0 spiro atoms. The van der Waals surface area contributed by atoms with Gasteiger partial charge in [-0.15, -0.1) is 12.4 Å². The molecule has 0 fully saturated rings. The summed E-state index contributed by atoms with van der Waals surface area (Å²) < 4.78 is 4.61. The molecule has 0 atom stereocenters. The molecular weight excluding hydrogens is 218 g/mol. The SMILES string of the molecule is Cl.NCc1ccc(C(=O)OCC=O)cc1. The first kappa shape index (κ1) is 13.6. The number of halogens is 1. The smallest absolute Gasteiger partial charge is 0.338 e. The van der Waals surface area contributed by atoms with Gasteiger partial charge in [0.2, 0.25) is 0 Å². The van der Waals surface area contributed by atoms with Gasteiger partial charge in [0, 0.05) is 6.54 Å². The standard InChI is InChI=1S/C10H11NO3.ClH/c11-7-8-1-3-9(4-2-8)10(13)14-6-5-12;/h1-5H,6-7,11H2;1H. The zero-order valence-corrected chi connectivity index (χ0v) is 8.83. The molecule has 2 N–H and O–H groups in total. The molecule has 0 radical (unpaired) electrons. The van der Waals surface area contributed by atoms with Crippen molar-refractivity contribution in [2.75, 3.05) is 6.61 Å². The highest BCUT2D eigenvalue weighted by Gasteiger charge is 2.05. The first-order valence-corrected chi connectivity index (χ1v) is 4.17. The Labute approximate surface area is 93.8 Å². The zero-order valence-electron chi connectivity index (χ0n) is 8.01. The van der Waals surface area contributed by atoms with Crippen LogP contribution in [-0.2, 0) is 16.1 Å². The van der Waals surface area contributed by atoms with Crippen molar-refractivity contribution in [3.63, 3.8) is 0 Å². The van der Waals surface area contributed by atoms with Gasteiger partial charge in [-0.1, -0.05) is 12.1 Å². The van der Waals surface area contributed by atoms with Crippen LogP contribution >= 0.6 is 12.4 Å². The summed E-state index contributed by atoms with van der Waals surface area (Å²) in [6.45, 7) is 0.223. The first-order valence-electron chi connectivity index (χ1n) is 4.17. The highest BCUT2D eigenvalue weighted by molar-refractivity contribution is 5.90. The van der Waals surface area contributed by atoms with E-state index in [1.807, 2.05) is 0 Å². The fourth-order valence-corrected chi connectivity index (χ4v) is 0.970. The van der Waals surface area contributed by atoms with E-state index < -0.39 is 5.97 Å². The Balaban J connectivity index is 0.00000196. The lowest BCUT2D eigenvalue weighted by Crippen LogP contribution is -2.07. The zero-order chi connectivity index (χ0) is 10.4. The molecule has 5 heteroatoms. The van der Waals surface area contributed by atoms with Gasteiger partial charge in [0.05, 0.1) is 5.56 Å². The number of carbonyl (C=O) groups excluding carboxylic acids is 2. The molecule has 0 unspecified atom stereocenters. The van der Waals surface area contributed by atoms with Crippen molar-refractivity contribution in [1.82, 2.24) is 0 Å². The second-order valence-corrected chi connectivity index (χ2v) is 2.67. The van der Waals surface area contributed by atoms with Crippen molar-refractivity contribution in [2.45, 2.75) is 6.54 Å². The molecule has 0 aliphatic heterocycles. The minimum absolute atomic E-state index is 0. The third-order valence-electron chi connectivity index (χ3n) is 1.71. The number of ether oxygens (including phenoxy) is 1. The molecule has 0 bridgehead atoms. The number of nitrogens with two attached hydrogens (primary N) is 1. The van der Waals surface area contributed by atoms with Crippen molar-refractivity contribution in [2.24, 2.45) is 5.73 Å². The lowest BCUT2D eigenvalue weighted by molar-refractivity contribution is -0.110. The Hall–Kier alpha value is -1.39. The van der Waals surface area contributed by atoms with Gasteiger partial charge in [-0.05, 0) is 17.7 Å². The van der Waals surface area contributed by atoms with Crippen molar-refractivity contribution < 1.29 is 14.3 Å². The van der Waals surface area contributed by atoms with Gasteiger partial charge in [-0.25, -0.2) is 4.79 Å². The van der Waals surface area contributed by atoms with E-state index in [2.05, 4.69) is 4.74 Å². The van der Waals surface area contributed by atoms with Crippen molar-refractivity contribution in [1.29, 1.82) is 0 Å². The van der Waals surface area contributed by atoms with Gasteiger partial charge < -0.3 is 10.5 Å². The molecule has 0 aliphatic carbocycles. The molecule has 1 rings (SSSR count). The predicted octanol–water partition coefficient (Wildman–Crippen LogP) is 0.923. The Morgan fingerprint density at radius 1 is 1.33 bits per heavy atom. The number of carbonyl (C=O) groups is 2. The van der Waals surface area contributed by atoms with E-state index in [-0.39, 0.29) is 19.0 Å². The molecule has 0 heterocycles. The lowest BCUT2D eigenvalue weighted by Gasteiger charge is -2.01. The topological polar surface area (TPSA) is 69.4 Å². The van der Waals surface area contributed by atoms with Crippen LogP contribution in [0.25, 0.3) is 0 Å². The second kappa shape index (κ2) is 6.98. The van der Waals surface area contributed by atoms with Crippen LogP contribution in [0, 0.1) is 0 Å². The van der Waals surface area contributed by atoms with Gasteiger partial charge in [-0.3, -0.25) is 4.79 Å². The Bertz CT molecular complexity index is 324. The predicted molar refractivity (Wildman–Crippen MR) is 57.9 cm³/mol. The van der Waals surface area contributed by atoms with Crippen molar-refractivity contribution in [3.05, 3.63) is 35.4 Å². The van der Waals surface area contributed by atoms with E-state index in [9.17, 15) is 9.59 Å². The maximum absolute atomic E-state index is 11.2. The Morgan fingerprint density at radius 2 is 1.93 bits per heavy atom. The number of hydrogen-bond acceptors (Lipinski definition) is 4. The summed E-state index contributed by atoms with van der Waals surface area (Å²) in [6, 6.07) is 6.74. The van der Waals surface area contributed by atoms with Gasteiger partial charge in [0.15, 0.2) is 6.29 Å². The highest BCUT2D eigenvalue weighted by Crippen LogP contribution is 2.04. The van der Waals surface area contributed by atoms with E-state index in [1.165, 1.54) is 0 Å². The number of esters is 1. The first-order chi connectivity index (χ1) is 6.77. The van der Waals surface area contributed by atoms with Crippen LogP contribution in [0.2, 0.25) is 0 Å². The second-order valence-electron chi connectivity index (χ2n) is 2.67. The minimum Gasteiger partial charge on any atom is -0.454 e. The minimum atomic E-state index is -0.499. The number of aldehydes is 1. The molecule has 4 nitrogen and oxygen atoms in total. The lowest BCUT2D eigenvalue weighted by atomic mass is 10.1. The summed E-state index contributed by atoms with van der Waals surface area (Å²) in [5.74, 6) is -0.499. The summed E-state index contributed by atoms with van der Waals surface area (Å²) in [4.78, 5) is 21.1. The summed E-state index contributed by atoms with van der Waals surface area (Å²) in [7, 11) is 0. The Morgan fingerprint density at radius 3 is 2.40 bits per heavy atom. The number of benzene rings is 1. The summed E-state index contributed by atoms with van der Waals surface area (Å²) in [6.07, 6.45) is 0.534. The van der Waals surface area contributed by atoms with Crippen LogP contribution in [0.15, 0.2) is 24.3 Å². The van der Waals surface area contributed by atoms with Crippen LogP contribution < -0.4 is 5.73 Å². The monoisotopic (exact) mass is 229 g/mol. The Kier molecular flexibility index (Phi) is 6.33. The molecular formula is C10H12ClNO3. The largest absolute Gasteiger partial charge is 0.454 e. The summed E-state index contributed by atoms with van der Waals surface area (Å²) in [5, 5.41) is 0. The summed E-state index contributed by atoms with van der Waals surface area (Å²) >= 11 is 0. The molecule has 0 saturated heterocycles. The van der Waals surface area contributed by atoms with Crippen LogP contribution in [0.3, 0.4) is 0 Å². The molecule has 82 valence electrons. The summed E-state index contributed by atoms with van der Waals surface area (Å²) in [5.41, 5.74) is 6.76. The third-order valence-corrected chi connectivity index (χ3v) is 1.71. The average Bonchev–Trinajstić information content (AvgIpc) is 2.26. The van der Waals surface area contributed by atoms with E-state index in [0.717, 1.165) is 5.56 Å². The van der Waals surface area contributed by atoms with Crippen LogP contribution in [0.5, 0.6) is 0 Å². The third kappa shape index (κ3) is 4.10. The fraction of sp³-hybridized carbons (Fsp3) is 0.200. The van der Waals surface area contributed by atoms with Gasteiger partial charge >= 0.3 is 5.97 Å². The number of rotatable bonds is 4. The fourth-order valence-electron chi connectivity index (χ4n) is 0.970. The molecule has 1 aromatic rings. The maximum Gasteiger partial charge on any atom is 0.338 e. The molecule has 1 aromatic carbocycles. The quantitative estimate of drug-likeness (QED) is 0.616. The highest BCUT2D eigenvalue weighted by atomic mass is 35.5. The number of hydrogen-bond donors (Lipinski definition) is 1. The molecule has 15 heavy (non-hydrogen) atoms. The molecule has 0 aromatic heterocycles. The van der Waals surface area contributed by atoms with Gasteiger partial charge in [0.25, 0.3) is 0 Å². The van der Waals surface area contributed by atoms with Crippen LogP contribution in [0.4, 0.5) is 0 Å². The van der Waals surface area contributed by atoms with E-state index >= 15 is 0 Å². The molecule has 0 amide bonds. The van der Waals surface area contributed by atoms with Crippen LogP contribution in [0.1, 0.15) is 15.9 Å². The van der Waals surface area contributed by atoms with Crippen LogP contribution in [-0.4, -0.2) is 18.9 Å². The van der Waals surface area contributed by atoms with Gasteiger partial charge in [-0.2, -0.15) is 0 Å². The molecule has 0 aliphatic rings. The van der Waals surface area contributed by atoms with Crippen molar-refractivity contribution in [3.8, 4) is 0 Å².